The number of carboxylic acid groups (broad SMARTS) is 1. The van der Waals surface area contributed by atoms with Crippen LogP contribution in [0.25, 0.3) is 0 Å². The summed E-state index contributed by atoms with van der Waals surface area (Å²) in [4.78, 5) is 21.6. The van der Waals surface area contributed by atoms with Crippen LogP contribution in [0.2, 0.25) is 0 Å². The topological polar surface area (TPSA) is 108 Å². The van der Waals surface area contributed by atoms with E-state index in [1.807, 2.05) is 0 Å². The van der Waals surface area contributed by atoms with Gasteiger partial charge in [0.2, 0.25) is 0 Å². The second kappa shape index (κ2) is 6.45. The molecule has 1 aromatic rings. The minimum absolute atomic E-state index is 0.364. The van der Waals surface area contributed by atoms with E-state index in [1.165, 1.54) is 7.11 Å². The molecule has 7 nitrogen and oxygen atoms in total. The number of hydrogen-bond acceptors (Lipinski definition) is 4. The number of aliphatic hydroxyl groups is 1. The van der Waals surface area contributed by atoms with Gasteiger partial charge < -0.3 is 25.6 Å². The average molecular weight is 254 g/mol. The molecule has 0 aromatic heterocycles. The normalized spacial score (nSPS) is 11.4. The predicted molar refractivity (Wildman–Crippen MR) is 63.7 cm³/mol. The zero-order chi connectivity index (χ0) is 13.5. The highest BCUT2D eigenvalue weighted by atomic mass is 16.5. The lowest BCUT2D eigenvalue weighted by molar-refractivity contribution is -0.146. The fourth-order valence-electron chi connectivity index (χ4n) is 1.13. The molecule has 2 amide bonds. The van der Waals surface area contributed by atoms with Gasteiger partial charge in [0, 0.05) is 5.69 Å². The minimum atomic E-state index is -1.62. The zero-order valence-corrected chi connectivity index (χ0v) is 9.71. The van der Waals surface area contributed by atoms with Crippen molar-refractivity contribution in [2.75, 3.05) is 19.0 Å². The van der Waals surface area contributed by atoms with Crippen molar-refractivity contribution in [1.29, 1.82) is 0 Å². The van der Waals surface area contributed by atoms with E-state index in [-0.39, 0.29) is 6.54 Å². The van der Waals surface area contributed by atoms with Crippen LogP contribution in [0.15, 0.2) is 24.3 Å². The first-order chi connectivity index (χ1) is 8.52. The number of carboxylic acids is 1. The zero-order valence-electron chi connectivity index (χ0n) is 9.71. The highest BCUT2D eigenvalue weighted by molar-refractivity contribution is 5.89. The Kier molecular flexibility index (Phi) is 4.94. The molecule has 0 radical (unpaired) electrons. The van der Waals surface area contributed by atoms with Crippen molar-refractivity contribution in [2.45, 2.75) is 6.10 Å². The van der Waals surface area contributed by atoms with Gasteiger partial charge >= 0.3 is 12.0 Å². The summed E-state index contributed by atoms with van der Waals surface area (Å²) in [6, 6.07) is 6.00. The monoisotopic (exact) mass is 254 g/mol. The maximum absolute atomic E-state index is 11.3. The third-order valence-electron chi connectivity index (χ3n) is 2.09. The Bertz CT molecular complexity index is 418. The summed E-state index contributed by atoms with van der Waals surface area (Å²) >= 11 is 0. The summed E-state index contributed by atoms with van der Waals surface area (Å²) in [6.45, 7) is -0.364. The van der Waals surface area contributed by atoms with E-state index in [1.54, 1.807) is 24.3 Å². The smallest absolute Gasteiger partial charge is 0.334 e. The number of carbonyl (C=O) groups excluding carboxylic acids is 1. The van der Waals surface area contributed by atoms with Crippen LogP contribution in [-0.2, 0) is 4.79 Å². The lowest BCUT2D eigenvalue weighted by Crippen LogP contribution is -2.38. The van der Waals surface area contributed by atoms with Gasteiger partial charge in [-0.05, 0) is 24.3 Å². The standard InChI is InChI=1S/C11H14N2O5/c1-18-8-4-2-7(3-5-8)13-11(17)12-6-9(14)10(15)16/h2-5,9,14H,6H2,1H3,(H,15,16)(H2,12,13,17). The fraction of sp³-hybridized carbons (Fsp3) is 0.273. The molecule has 7 heteroatoms. The molecule has 0 fully saturated rings. The van der Waals surface area contributed by atoms with Crippen molar-refractivity contribution in [3.05, 3.63) is 24.3 Å². The Morgan fingerprint density at radius 2 is 1.94 bits per heavy atom. The van der Waals surface area contributed by atoms with Crippen LogP contribution in [0.4, 0.5) is 10.5 Å². The van der Waals surface area contributed by atoms with Crippen LogP contribution >= 0.6 is 0 Å². The molecule has 0 saturated heterocycles. The van der Waals surface area contributed by atoms with Crippen LogP contribution in [0.1, 0.15) is 0 Å². The SMILES string of the molecule is COc1ccc(NC(=O)NCC(O)C(=O)O)cc1. The number of rotatable bonds is 5. The number of aliphatic carboxylic acids is 1. The van der Waals surface area contributed by atoms with Crippen LogP contribution in [0.5, 0.6) is 5.75 Å². The number of aliphatic hydroxyl groups excluding tert-OH is 1. The molecule has 1 unspecified atom stereocenters. The van der Waals surface area contributed by atoms with Gasteiger partial charge in [-0.3, -0.25) is 0 Å². The quantitative estimate of drug-likeness (QED) is 0.603. The van der Waals surface area contributed by atoms with Gasteiger partial charge in [0.1, 0.15) is 5.75 Å². The number of anilines is 1. The van der Waals surface area contributed by atoms with Crippen LogP contribution in [0.3, 0.4) is 0 Å². The van der Waals surface area contributed by atoms with Crippen LogP contribution < -0.4 is 15.4 Å². The molecule has 1 rings (SSSR count). The molecule has 4 N–H and O–H groups in total. The van der Waals surface area contributed by atoms with Gasteiger partial charge in [0.05, 0.1) is 13.7 Å². The largest absolute Gasteiger partial charge is 0.497 e. The van der Waals surface area contributed by atoms with Gasteiger partial charge in [-0.1, -0.05) is 0 Å². The maximum Gasteiger partial charge on any atom is 0.334 e. The first-order valence-electron chi connectivity index (χ1n) is 5.12. The second-order valence-corrected chi connectivity index (χ2v) is 3.42. The second-order valence-electron chi connectivity index (χ2n) is 3.42. The van der Waals surface area contributed by atoms with Gasteiger partial charge in [0.15, 0.2) is 6.10 Å². The Morgan fingerprint density at radius 3 is 2.44 bits per heavy atom. The molecular weight excluding hydrogens is 240 g/mol. The summed E-state index contributed by atoms with van der Waals surface area (Å²) in [7, 11) is 1.53. The third kappa shape index (κ3) is 4.30. The predicted octanol–water partition coefficient (Wildman–Crippen LogP) is 0.262. The molecule has 0 heterocycles. The highest BCUT2D eigenvalue weighted by Crippen LogP contribution is 2.14. The van der Waals surface area contributed by atoms with Crippen molar-refractivity contribution in [1.82, 2.24) is 5.32 Å². The molecule has 18 heavy (non-hydrogen) atoms. The molecule has 0 saturated carbocycles. The van der Waals surface area contributed by atoms with Crippen molar-refractivity contribution in [3.63, 3.8) is 0 Å². The van der Waals surface area contributed by atoms with Crippen molar-refractivity contribution < 1.29 is 24.5 Å². The minimum Gasteiger partial charge on any atom is -0.497 e. The van der Waals surface area contributed by atoms with E-state index in [0.717, 1.165) is 0 Å². The fourth-order valence-corrected chi connectivity index (χ4v) is 1.13. The maximum atomic E-state index is 11.3. The molecule has 0 aliphatic rings. The number of urea groups is 1. The average Bonchev–Trinajstić information content (AvgIpc) is 2.36. The van der Waals surface area contributed by atoms with Gasteiger partial charge in [-0.25, -0.2) is 9.59 Å². The van der Waals surface area contributed by atoms with Crippen molar-refractivity contribution >= 4 is 17.7 Å². The summed E-state index contributed by atoms with van der Waals surface area (Å²) in [5, 5.41) is 22.1. The van der Waals surface area contributed by atoms with E-state index < -0.39 is 18.1 Å². The Labute approximate surface area is 103 Å². The molecular formula is C11H14N2O5. The molecule has 1 aromatic carbocycles. The lowest BCUT2D eigenvalue weighted by Gasteiger charge is -2.09. The Morgan fingerprint density at radius 1 is 1.33 bits per heavy atom. The first-order valence-corrected chi connectivity index (χ1v) is 5.12. The number of methoxy groups -OCH3 is 1. The molecule has 0 aliphatic carbocycles. The molecule has 98 valence electrons. The molecule has 0 spiro atoms. The van der Waals surface area contributed by atoms with Gasteiger partial charge in [-0.15, -0.1) is 0 Å². The number of benzene rings is 1. The summed E-state index contributed by atoms with van der Waals surface area (Å²) in [5.41, 5.74) is 0.526. The third-order valence-corrected chi connectivity index (χ3v) is 2.09. The number of amides is 2. The Balaban J connectivity index is 2.42. The first kappa shape index (κ1) is 13.8. The van der Waals surface area contributed by atoms with E-state index in [9.17, 15) is 9.59 Å². The van der Waals surface area contributed by atoms with Crippen molar-refractivity contribution in [2.24, 2.45) is 0 Å². The number of carbonyl (C=O) groups is 2. The van der Waals surface area contributed by atoms with Gasteiger partial charge in [-0.2, -0.15) is 0 Å². The van der Waals surface area contributed by atoms with Crippen LogP contribution in [0, 0.1) is 0 Å². The molecule has 0 bridgehead atoms. The van der Waals surface area contributed by atoms with E-state index >= 15 is 0 Å². The van der Waals surface area contributed by atoms with E-state index in [4.69, 9.17) is 14.9 Å². The van der Waals surface area contributed by atoms with Crippen molar-refractivity contribution in [3.8, 4) is 5.75 Å². The number of hydrogen-bond donors (Lipinski definition) is 4. The van der Waals surface area contributed by atoms with Crippen LogP contribution in [-0.4, -0.2) is 42.0 Å². The lowest BCUT2D eigenvalue weighted by atomic mass is 10.3. The molecule has 0 aliphatic heterocycles. The van der Waals surface area contributed by atoms with E-state index in [0.29, 0.717) is 11.4 Å². The molecule has 1 atom stereocenters. The number of ether oxygens (including phenoxy) is 1. The van der Waals surface area contributed by atoms with Gasteiger partial charge in [0.25, 0.3) is 0 Å². The Hall–Kier alpha value is -2.28. The number of nitrogens with one attached hydrogen (secondary N) is 2. The summed E-state index contributed by atoms with van der Waals surface area (Å²) in [6.07, 6.45) is -1.62. The highest BCUT2D eigenvalue weighted by Gasteiger charge is 2.13. The van der Waals surface area contributed by atoms with E-state index in [2.05, 4.69) is 10.6 Å². The summed E-state index contributed by atoms with van der Waals surface area (Å²) in [5.74, 6) is -0.734. The summed E-state index contributed by atoms with van der Waals surface area (Å²) < 4.78 is 4.95.